The number of carboxylic acid groups (broad SMARTS) is 1. The van der Waals surface area contributed by atoms with Crippen molar-refractivity contribution in [3.8, 4) is 5.88 Å². The molecule has 24 heavy (non-hydrogen) atoms. The molecule has 0 radical (unpaired) electrons. The molecule has 7 heteroatoms. The molecule has 0 amide bonds. The Balaban J connectivity index is 2.15. The Morgan fingerprint density at radius 1 is 1.33 bits per heavy atom. The molecular formula is C17H12FNO5. The van der Waals surface area contributed by atoms with E-state index in [2.05, 4.69) is 4.98 Å². The first-order valence-electron chi connectivity index (χ1n) is 6.96. The van der Waals surface area contributed by atoms with E-state index in [0.29, 0.717) is 12.0 Å². The molecule has 2 heterocycles. The van der Waals surface area contributed by atoms with E-state index in [9.17, 15) is 14.0 Å². The van der Waals surface area contributed by atoms with Crippen LogP contribution in [0.3, 0.4) is 0 Å². The van der Waals surface area contributed by atoms with Crippen LogP contribution in [0.1, 0.15) is 21.5 Å². The lowest BCUT2D eigenvalue weighted by atomic mass is 10.0. The minimum Gasteiger partial charge on any atom is -0.481 e. The maximum Gasteiger partial charge on any atom is 0.342 e. The van der Waals surface area contributed by atoms with E-state index >= 15 is 0 Å². The highest BCUT2D eigenvalue weighted by molar-refractivity contribution is 5.91. The molecule has 1 N–H and O–H groups in total. The summed E-state index contributed by atoms with van der Waals surface area (Å²) in [5.41, 5.74) is 0.187. The van der Waals surface area contributed by atoms with Gasteiger partial charge in [0.1, 0.15) is 17.6 Å². The van der Waals surface area contributed by atoms with Crippen LogP contribution in [0.5, 0.6) is 5.88 Å². The molecule has 0 fully saturated rings. The van der Waals surface area contributed by atoms with Crippen molar-refractivity contribution in [2.24, 2.45) is 0 Å². The highest BCUT2D eigenvalue weighted by atomic mass is 19.1. The Kier molecular flexibility index (Phi) is 3.99. The molecule has 1 aromatic carbocycles. The molecule has 0 aliphatic carbocycles. The van der Waals surface area contributed by atoms with Crippen LogP contribution in [0.2, 0.25) is 0 Å². The molecule has 6 nitrogen and oxygen atoms in total. The van der Waals surface area contributed by atoms with Crippen molar-refractivity contribution in [3.63, 3.8) is 0 Å². The van der Waals surface area contributed by atoms with Gasteiger partial charge in [-0.1, -0.05) is 12.1 Å². The predicted molar refractivity (Wildman–Crippen MR) is 83.0 cm³/mol. The quantitative estimate of drug-likeness (QED) is 0.791. The third kappa shape index (κ3) is 2.83. The highest BCUT2D eigenvalue weighted by Crippen LogP contribution is 2.23. The van der Waals surface area contributed by atoms with Gasteiger partial charge in [0, 0.05) is 12.0 Å². The average Bonchev–Trinajstić information content (AvgIpc) is 2.57. The first kappa shape index (κ1) is 15.7. The highest BCUT2D eigenvalue weighted by Gasteiger charge is 2.17. The zero-order valence-corrected chi connectivity index (χ0v) is 12.6. The summed E-state index contributed by atoms with van der Waals surface area (Å²) in [6.45, 7) is 0. The molecule has 0 aliphatic heterocycles. The van der Waals surface area contributed by atoms with Crippen molar-refractivity contribution in [1.82, 2.24) is 4.98 Å². The first-order valence-corrected chi connectivity index (χ1v) is 6.96. The van der Waals surface area contributed by atoms with Crippen molar-refractivity contribution in [1.29, 1.82) is 0 Å². The van der Waals surface area contributed by atoms with Gasteiger partial charge in [0.05, 0.1) is 12.5 Å². The Morgan fingerprint density at radius 2 is 2.04 bits per heavy atom. The van der Waals surface area contributed by atoms with E-state index in [4.69, 9.17) is 14.3 Å². The normalized spacial score (nSPS) is 10.8. The summed E-state index contributed by atoms with van der Waals surface area (Å²) in [5, 5.41) is 9.06. The largest absolute Gasteiger partial charge is 0.481 e. The number of rotatable bonds is 4. The molecule has 0 spiro atoms. The zero-order chi connectivity index (χ0) is 17.3. The van der Waals surface area contributed by atoms with Crippen LogP contribution < -0.4 is 10.2 Å². The molecular weight excluding hydrogens is 317 g/mol. The number of pyridine rings is 1. The van der Waals surface area contributed by atoms with Crippen LogP contribution >= 0.6 is 0 Å². The molecule has 0 saturated carbocycles. The van der Waals surface area contributed by atoms with E-state index in [1.807, 2.05) is 0 Å². The van der Waals surface area contributed by atoms with E-state index < -0.39 is 17.0 Å². The monoisotopic (exact) mass is 329 g/mol. The number of fused-ring (bicyclic) bond motifs is 1. The predicted octanol–water partition coefficient (Wildman–Crippen LogP) is 2.62. The second-order valence-corrected chi connectivity index (χ2v) is 5.10. The van der Waals surface area contributed by atoms with Gasteiger partial charge in [-0.25, -0.2) is 9.18 Å². The average molecular weight is 329 g/mol. The molecule has 0 unspecified atom stereocenters. The van der Waals surface area contributed by atoms with Crippen molar-refractivity contribution < 1.29 is 23.4 Å². The topological polar surface area (TPSA) is 89.6 Å². The second-order valence-electron chi connectivity index (χ2n) is 5.10. The maximum atomic E-state index is 13.0. The number of halogens is 1. The summed E-state index contributed by atoms with van der Waals surface area (Å²) < 4.78 is 23.3. The smallest absolute Gasteiger partial charge is 0.342 e. The number of methoxy groups -OCH3 is 1. The fourth-order valence-electron chi connectivity index (χ4n) is 2.36. The summed E-state index contributed by atoms with van der Waals surface area (Å²) >= 11 is 0. The van der Waals surface area contributed by atoms with Crippen LogP contribution in [0.25, 0.3) is 11.1 Å². The van der Waals surface area contributed by atoms with Crippen molar-refractivity contribution in [2.45, 2.75) is 6.42 Å². The number of nitrogens with zero attached hydrogens (tertiary/aromatic N) is 1. The summed E-state index contributed by atoms with van der Waals surface area (Å²) in [7, 11) is 1.42. The lowest BCUT2D eigenvalue weighted by Crippen LogP contribution is -2.15. The fraction of sp³-hybridized carbons (Fsp3) is 0.118. The second kappa shape index (κ2) is 6.11. The van der Waals surface area contributed by atoms with Gasteiger partial charge < -0.3 is 14.3 Å². The van der Waals surface area contributed by atoms with Gasteiger partial charge in [0.2, 0.25) is 17.0 Å². The molecule has 3 aromatic rings. The van der Waals surface area contributed by atoms with E-state index in [0.717, 1.165) is 11.8 Å². The van der Waals surface area contributed by atoms with Gasteiger partial charge >= 0.3 is 5.97 Å². The first-order chi connectivity index (χ1) is 11.5. The van der Waals surface area contributed by atoms with Crippen LogP contribution in [0.4, 0.5) is 4.39 Å². The van der Waals surface area contributed by atoms with E-state index in [1.165, 1.54) is 25.3 Å². The Morgan fingerprint density at radius 3 is 2.67 bits per heavy atom. The third-order valence-corrected chi connectivity index (χ3v) is 3.54. The molecule has 0 aliphatic rings. The number of ether oxygens (including phenoxy) is 1. The lowest BCUT2D eigenvalue weighted by Gasteiger charge is -2.09. The van der Waals surface area contributed by atoms with Gasteiger partial charge in [0.25, 0.3) is 0 Å². The number of aromatic nitrogens is 1. The standard InChI is InChI=1S/C17H12FNO5/c1-23-15-10(6-9-2-4-11(18)5-3-9)7-12-14(20)13(17(21)22)8-24-16(12)19-15/h2-5,7-8H,6H2,1H3,(H,21,22). The Labute approximate surface area is 135 Å². The summed E-state index contributed by atoms with van der Waals surface area (Å²) in [5.74, 6) is -1.48. The van der Waals surface area contributed by atoms with Crippen molar-refractivity contribution in [3.05, 3.63) is 69.3 Å². The zero-order valence-electron chi connectivity index (χ0n) is 12.6. The summed E-state index contributed by atoms with van der Waals surface area (Å²) in [6.07, 6.45) is 1.20. The van der Waals surface area contributed by atoms with E-state index in [1.54, 1.807) is 12.1 Å². The van der Waals surface area contributed by atoms with Gasteiger partial charge in [0.15, 0.2) is 0 Å². The Hall–Kier alpha value is -3.22. The lowest BCUT2D eigenvalue weighted by molar-refractivity contribution is 0.0693. The number of hydrogen-bond donors (Lipinski definition) is 1. The fourth-order valence-corrected chi connectivity index (χ4v) is 2.36. The number of carbonyl (C=O) groups is 1. The minimum absolute atomic E-state index is 0.00953. The van der Waals surface area contributed by atoms with Crippen molar-refractivity contribution in [2.75, 3.05) is 7.11 Å². The molecule has 122 valence electrons. The van der Waals surface area contributed by atoms with Crippen LogP contribution in [-0.4, -0.2) is 23.2 Å². The van der Waals surface area contributed by atoms with Crippen LogP contribution in [-0.2, 0) is 6.42 Å². The Bertz CT molecular complexity index is 979. The number of aromatic carboxylic acids is 1. The number of carboxylic acids is 1. The SMILES string of the molecule is COc1nc2occ(C(=O)O)c(=O)c2cc1Cc1ccc(F)cc1. The maximum absolute atomic E-state index is 13.0. The third-order valence-electron chi connectivity index (χ3n) is 3.54. The van der Waals surface area contributed by atoms with Crippen LogP contribution in [0, 0.1) is 5.82 Å². The van der Waals surface area contributed by atoms with Gasteiger partial charge in [-0.05, 0) is 23.8 Å². The van der Waals surface area contributed by atoms with Gasteiger partial charge in [-0.3, -0.25) is 4.79 Å². The summed E-state index contributed by atoms with van der Waals surface area (Å²) in [4.78, 5) is 27.4. The number of benzene rings is 1. The van der Waals surface area contributed by atoms with E-state index in [-0.39, 0.29) is 22.8 Å². The van der Waals surface area contributed by atoms with Crippen LogP contribution in [0.15, 0.2) is 45.8 Å². The summed E-state index contributed by atoms with van der Waals surface area (Å²) in [6, 6.07) is 7.35. The molecule has 2 aromatic heterocycles. The van der Waals surface area contributed by atoms with Crippen molar-refractivity contribution >= 4 is 17.1 Å². The molecule has 0 bridgehead atoms. The van der Waals surface area contributed by atoms with Gasteiger partial charge in [-0.2, -0.15) is 4.98 Å². The molecule has 0 saturated heterocycles. The number of hydrogen-bond acceptors (Lipinski definition) is 5. The van der Waals surface area contributed by atoms with Gasteiger partial charge in [-0.15, -0.1) is 0 Å². The molecule has 0 atom stereocenters. The molecule has 3 rings (SSSR count). The minimum atomic E-state index is -1.37.